The van der Waals surface area contributed by atoms with E-state index in [2.05, 4.69) is 10.3 Å². The summed E-state index contributed by atoms with van der Waals surface area (Å²) < 4.78 is 60.5. The maximum absolute atomic E-state index is 13.3. The molecule has 4 rings (SSSR count). The standard InChI is InChI=1S/C21H22F2N4O4S/c1-26-19-5-3-15(32(29,30)27-8-10-31-11-9-27)13-18(19)25-20(26)6-7-21(28)24-14-2-4-16(22)17(23)12-14/h2-5,12-13H,6-11H2,1H3,(H,24,28). The number of aromatic nitrogens is 2. The summed E-state index contributed by atoms with van der Waals surface area (Å²) >= 11 is 0. The van der Waals surface area contributed by atoms with E-state index in [1.54, 1.807) is 23.7 Å². The zero-order chi connectivity index (χ0) is 22.9. The number of carbonyl (C=O) groups is 1. The lowest BCUT2D eigenvalue weighted by atomic mass is 10.2. The smallest absolute Gasteiger partial charge is 0.243 e. The van der Waals surface area contributed by atoms with Gasteiger partial charge in [-0.25, -0.2) is 22.2 Å². The van der Waals surface area contributed by atoms with Crippen LogP contribution in [0.15, 0.2) is 41.3 Å². The van der Waals surface area contributed by atoms with Crippen LogP contribution in [0.5, 0.6) is 0 Å². The van der Waals surface area contributed by atoms with Crippen molar-refractivity contribution in [2.45, 2.75) is 17.7 Å². The summed E-state index contributed by atoms with van der Waals surface area (Å²) in [5, 5.41) is 2.52. The Labute approximate surface area is 183 Å². The van der Waals surface area contributed by atoms with Gasteiger partial charge in [0, 0.05) is 44.7 Å². The van der Waals surface area contributed by atoms with Crippen LogP contribution < -0.4 is 5.32 Å². The number of aryl methyl sites for hydroxylation is 2. The van der Waals surface area contributed by atoms with Gasteiger partial charge >= 0.3 is 0 Å². The normalized spacial score (nSPS) is 15.2. The SMILES string of the molecule is Cn1c(CCC(=O)Nc2ccc(F)c(F)c2)nc2cc(S(=O)(=O)N3CCOCC3)ccc21. The Morgan fingerprint density at radius 1 is 1.12 bits per heavy atom. The van der Waals surface area contributed by atoms with Crippen molar-refractivity contribution in [2.24, 2.45) is 7.05 Å². The van der Waals surface area contributed by atoms with Crippen molar-refractivity contribution in [3.63, 3.8) is 0 Å². The number of benzene rings is 2. The minimum atomic E-state index is -3.64. The number of hydrogen-bond donors (Lipinski definition) is 1. The predicted molar refractivity (Wildman–Crippen MR) is 114 cm³/mol. The first-order valence-electron chi connectivity index (χ1n) is 10.0. The number of ether oxygens (including phenoxy) is 1. The Kier molecular flexibility index (Phi) is 6.22. The zero-order valence-electron chi connectivity index (χ0n) is 17.3. The molecule has 0 aliphatic carbocycles. The van der Waals surface area contributed by atoms with Crippen molar-refractivity contribution in [3.8, 4) is 0 Å². The van der Waals surface area contributed by atoms with E-state index in [-0.39, 0.29) is 29.3 Å². The highest BCUT2D eigenvalue weighted by atomic mass is 32.2. The van der Waals surface area contributed by atoms with E-state index in [4.69, 9.17) is 4.74 Å². The summed E-state index contributed by atoms with van der Waals surface area (Å²) in [6.45, 7) is 1.34. The van der Waals surface area contributed by atoms with Gasteiger partial charge in [0.25, 0.3) is 0 Å². The third-order valence-electron chi connectivity index (χ3n) is 5.33. The second-order valence-corrected chi connectivity index (χ2v) is 9.37. The quantitative estimate of drug-likeness (QED) is 0.605. The maximum Gasteiger partial charge on any atom is 0.243 e. The number of amides is 1. The molecule has 3 aromatic rings. The van der Waals surface area contributed by atoms with E-state index in [0.29, 0.717) is 37.6 Å². The minimum Gasteiger partial charge on any atom is -0.379 e. The van der Waals surface area contributed by atoms with E-state index in [1.807, 2.05) is 0 Å². The lowest BCUT2D eigenvalue weighted by molar-refractivity contribution is -0.116. The molecule has 8 nitrogen and oxygen atoms in total. The van der Waals surface area contributed by atoms with Crippen LogP contribution in [0.25, 0.3) is 11.0 Å². The van der Waals surface area contributed by atoms with E-state index in [9.17, 15) is 22.0 Å². The third-order valence-corrected chi connectivity index (χ3v) is 7.23. The van der Waals surface area contributed by atoms with E-state index >= 15 is 0 Å². The second-order valence-electron chi connectivity index (χ2n) is 7.43. The van der Waals surface area contributed by atoms with Crippen molar-refractivity contribution in [2.75, 3.05) is 31.6 Å². The van der Waals surface area contributed by atoms with Crippen LogP contribution >= 0.6 is 0 Å². The number of sulfonamides is 1. The Balaban J connectivity index is 1.48. The fraction of sp³-hybridized carbons (Fsp3) is 0.333. The average molecular weight is 464 g/mol. The Bertz CT molecular complexity index is 1270. The Morgan fingerprint density at radius 3 is 2.59 bits per heavy atom. The first-order chi connectivity index (χ1) is 15.3. The van der Waals surface area contributed by atoms with Gasteiger partial charge in [-0.3, -0.25) is 4.79 Å². The molecule has 1 N–H and O–H groups in total. The Hall–Kier alpha value is -2.89. The number of fused-ring (bicyclic) bond motifs is 1. The van der Waals surface area contributed by atoms with E-state index in [1.165, 1.54) is 16.4 Å². The number of halogens is 2. The number of hydrogen-bond acceptors (Lipinski definition) is 5. The lowest BCUT2D eigenvalue weighted by Crippen LogP contribution is -2.40. The van der Waals surface area contributed by atoms with Crippen molar-refractivity contribution in [1.29, 1.82) is 0 Å². The molecule has 0 radical (unpaired) electrons. The number of anilines is 1. The highest BCUT2D eigenvalue weighted by molar-refractivity contribution is 7.89. The summed E-state index contributed by atoms with van der Waals surface area (Å²) in [7, 11) is -1.86. The second kappa shape index (κ2) is 8.93. The molecule has 170 valence electrons. The van der Waals surface area contributed by atoms with Gasteiger partial charge < -0.3 is 14.6 Å². The molecule has 0 bridgehead atoms. The molecule has 2 heterocycles. The molecule has 0 spiro atoms. The molecule has 0 unspecified atom stereocenters. The summed E-state index contributed by atoms with van der Waals surface area (Å²) in [6.07, 6.45) is 0.349. The van der Waals surface area contributed by atoms with E-state index in [0.717, 1.165) is 17.6 Å². The first kappa shape index (κ1) is 22.3. The highest BCUT2D eigenvalue weighted by Gasteiger charge is 2.27. The summed E-state index contributed by atoms with van der Waals surface area (Å²) in [5.74, 6) is -1.81. The molecule has 1 aromatic heterocycles. The molecule has 2 aromatic carbocycles. The van der Waals surface area contributed by atoms with Crippen molar-refractivity contribution in [3.05, 3.63) is 53.9 Å². The summed E-state index contributed by atoms with van der Waals surface area (Å²) in [6, 6.07) is 7.92. The number of nitrogens with one attached hydrogen (secondary N) is 1. The molecule has 1 fully saturated rings. The van der Waals surface area contributed by atoms with Crippen molar-refractivity contribution < 1.29 is 26.7 Å². The van der Waals surface area contributed by atoms with Gasteiger partial charge in [-0.15, -0.1) is 0 Å². The average Bonchev–Trinajstić information content (AvgIpc) is 3.10. The van der Waals surface area contributed by atoms with Crippen LogP contribution in [0, 0.1) is 11.6 Å². The summed E-state index contributed by atoms with van der Waals surface area (Å²) in [4.78, 5) is 16.9. The van der Waals surface area contributed by atoms with Crippen LogP contribution in [-0.4, -0.2) is 54.5 Å². The molecular weight excluding hydrogens is 442 g/mol. The number of morpholine rings is 1. The van der Waals surface area contributed by atoms with Crippen molar-refractivity contribution >= 4 is 32.7 Å². The number of rotatable bonds is 6. The molecule has 0 saturated carbocycles. The van der Waals surface area contributed by atoms with Crippen LogP contribution in [0.4, 0.5) is 14.5 Å². The molecule has 1 saturated heterocycles. The topological polar surface area (TPSA) is 93.5 Å². The zero-order valence-corrected chi connectivity index (χ0v) is 18.2. The lowest BCUT2D eigenvalue weighted by Gasteiger charge is -2.26. The van der Waals surface area contributed by atoms with Gasteiger partial charge in [-0.2, -0.15) is 4.31 Å². The monoisotopic (exact) mass is 464 g/mol. The number of nitrogens with zero attached hydrogens (tertiary/aromatic N) is 3. The molecule has 1 amide bonds. The van der Waals surface area contributed by atoms with Gasteiger partial charge in [0.1, 0.15) is 5.82 Å². The van der Waals surface area contributed by atoms with Gasteiger partial charge in [-0.05, 0) is 30.3 Å². The fourth-order valence-electron chi connectivity index (χ4n) is 3.57. The van der Waals surface area contributed by atoms with Crippen LogP contribution in [-0.2, 0) is 33.0 Å². The maximum atomic E-state index is 13.3. The number of imidazole rings is 1. The van der Waals surface area contributed by atoms with Crippen LogP contribution in [0.3, 0.4) is 0 Å². The predicted octanol–water partition coefficient (Wildman–Crippen LogP) is 2.44. The molecule has 0 atom stereocenters. The largest absolute Gasteiger partial charge is 0.379 e. The van der Waals surface area contributed by atoms with Crippen LogP contribution in [0.2, 0.25) is 0 Å². The number of carbonyl (C=O) groups excluding carboxylic acids is 1. The minimum absolute atomic E-state index is 0.0646. The Morgan fingerprint density at radius 2 is 1.88 bits per heavy atom. The molecule has 1 aliphatic rings. The molecule has 11 heteroatoms. The summed E-state index contributed by atoms with van der Waals surface area (Å²) in [5.41, 5.74) is 1.41. The van der Waals surface area contributed by atoms with Gasteiger partial charge in [0.05, 0.1) is 29.1 Å². The third kappa shape index (κ3) is 4.50. The van der Waals surface area contributed by atoms with Crippen LogP contribution in [0.1, 0.15) is 12.2 Å². The molecule has 1 aliphatic heterocycles. The van der Waals surface area contributed by atoms with Crippen molar-refractivity contribution in [1.82, 2.24) is 13.9 Å². The highest BCUT2D eigenvalue weighted by Crippen LogP contribution is 2.23. The van der Waals surface area contributed by atoms with E-state index < -0.39 is 21.7 Å². The first-order valence-corrected chi connectivity index (χ1v) is 11.5. The molecule has 32 heavy (non-hydrogen) atoms. The van der Waals surface area contributed by atoms with Gasteiger partial charge in [0.2, 0.25) is 15.9 Å². The van der Waals surface area contributed by atoms with Gasteiger partial charge in [0.15, 0.2) is 11.6 Å². The van der Waals surface area contributed by atoms with Gasteiger partial charge in [-0.1, -0.05) is 0 Å². The fourth-order valence-corrected chi connectivity index (χ4v) is 5.00. The molecular formula is C21H22F2N4O4S.